The van der Waals surface area contributed by atoms with Crippen molar-refractivity contribution in [2.45, 2.75) is 45.8 Å². The Balaban J connectivity index is 1.09. The third kappa shape index (κ3) is 8.07. The zero-order valence-corrected chi connectivity index (χ0v) is 34.3. The van der Waals surface area contributed by atoms with Gasteiger partial charge in [-0.2, -0.15) is 0 Å². The number of rotatable bonds is 15. The monoisotopic (exact) mass is 828 g/mol. The van der Waals surface area contributed by atoms with Gasteiger partial charge in [-0.05, 0) is 73.4 Å². The fraction of sp³-hybridized carbons (Fsp3) is 0.286. The molecule has 2 aliphatic rings. The Morgan fingerprint density at radius 3 is 2.11 bits per heavy atom. The van der Waals surface area contributed by atoms with E-state index in [0.717, 1.165) is 30.5 Å². The van der Waals surface area contributed by atoms with Crippen LogP contribution in [-0.2, 0) is 19.9 Å². The molecule has 1 unspecified atom stereocenters. The summed E-state index contributed by atoms with van der Waals surface area (Å²) in [6.45, 7) is 5.08. The summed E-state index contributed by atoms with van der Waals surface area (Å²) in [4.78, 5) is 34.6. The van der Waals surface area contributed by atoms with E-state index < -0.39 is 37.7 Å². The van der Waals surface area contributed by atoms with Crippen LogP contribution >= 0.6 is 11.3 Å². The van der Waals surface area contributed by atoms with E-state index in [1.165, 1.54) is 42.2 Å². The minimum Gasteiger partial charge on any atom is -0.493 e. The number of carbonyl (C=O) groups excluding carboxylic acids is 2. The lowest BCUT2D eigenvalue weighted by Crippen LogP contribution is -2.47. The molecule has 0 aliphatic carbocycles. The van der Waals surface area contributed by atoms with Gasteiger partial charge in [0.1, 0.15) is 4.21 Å². The molecule has 4 aromatic carbocycles. The van der Waals surface area contributed by atoms with Gasteiger partial charge in [-0.25, -0.2) is 21.6 Å². The summed E-state index contributed by atoms with van der Waals surface area (Å²) in [6.07, 6.45) is 0.452. The zero-order chi connectivity index (χ0) is 40.3. The van der Waals surface area contributed by atoms with Crippen molar-refractivity contribution in [3.05, 3.63) is 131 Å². The number of piperazine rings is 1. The van der Waals surface area contributed by atoms with Crippen LogP contribution in [0.3, 0.4) is 0 Å². The van der Waals surface area contributed by atoms with Gasteiger partial charge >= 0.3 is 0 Å². The van der Waals surface area contributed by atoms with E-state index in [4.69, 9.17) is 9.47 Å². The molecule has 2 amide bonds. The summed E-state index contributed by atoms with van der Waals surface area (Å²) >= 11 is 0.814. The molecular formula is C42H44N4O8S3. The lowest BCUT2D eigenvalue weighted by Gasteiger charge is -2.39. The van der Waals surface area contributed by atoms with Crippen molar-refractivity contribution in [1.82, 2.24) is 14.5 Å². The van der Waals surface area contributed by atoms with Crippen LogP contribution in [0.1, 0.15) is 63.7 Å². The minimum absolute atomic E-state index is 0.0368. The first-order chi connectivity index (χ1) is 27.4. The molecule has 2 aliphatic heterocycles. The van der Waals surface area contributed by atoms with Crippen LogP contribution < -0.4 is 19.1 Å². The highest BCUT2D eigenvalue weighted by Crippen LogP contribution is 2.41. The summed E-state index contributed by atoms with van der Waals surface area (Å²) in [5.74, 6) is 0.0402. The van der Waals surface area contributed by atoms with Crippen LogP contribution in [-0.4, -0.2) is 85.4 Å². The molecule has 1 N–H and O–H groups in total. The van der Waals surface area contributed by atoms with Gasteiger partial charge in [0.15, 0.2) is 11.5 Å². The fourth-order valence-electron chi connectivity index (χ4n) is 7.52. The predicted octanol–water partition coefficient (Wildman–Crippen LogP) is 6.58. The topological polar surface area (TPSA) is 143 Å². The molecular weight excluding hydrogens is 785 g/mol. The molecule has 1 fully saturated rings. The molecule has 1 aromatic heterocycles. The van der Waals surface area contributed by atoms with Gasteiger partial charge in [0.05, 0.1) is 46.9 Å². The van der Waals surface area contributed by atoms with E-state index in [1.807, 2.05) is 30.3 Å². The van der Waals surface area contributed by atoms with Crippen LogP contribution in [0, 0.1) is 0 Å². The van der Waals surface area contributed by atoms with Crippen LogP contribution in [0.2, 0.25) is 0 Å². The van der Waals surface area contributed by atoms with E-state index in [-0.39, 0.29) is 39.4 Å². The molecule has 3 heterocycles. The number of imide groups is 1. The Labute approximate surface area is 337 Å². The lowest BCUT2D eigenvalue weighted by molar-refractivity contribution is 0.0572. The van der Waals surface area contributed by atoms with Crippen molar-refractivity contribution in [2.75, 3.05) is 51.8 Å². The van der Waals surface area contributed by atoms with Gasteiger partial charge in [-0.3, -0.25) is 19.4 Å². The molecule has 57 heavy (non-hydrogen) atoms. The van der Waals surface area contributed by atoms with Gasteiger partial charge in [0, 0.05) is 44.1 Å². The average Bonchev–Trinajstić information content (AvgIpc) is 3.86. The number of methoxy groups -OCH3 is 2. The molecule has 0 saturated carbocycles. The first-order valence-corrected chi connectivity index (χ1v) is 22.4. The highest BCUT2D eigenvalue weighted by atomic mass is 32.2. The molecule has 12 nitrogen and oxygen atoms in total. The van der Waals surface area contributed by atoms with Crippen LogP contribution in [0.25, 0.3) is 0 Å². The average molecular weight is 829 g/mol. The third-order valence-corrected chi connectivity index (χ3v) is 15.4. The number of sulfone groups is 1. The number of amides is 2. The second-order valence-electron chi connectivity index (χ2n) is 13.9. The van der Waals surface area contributed by atoms with E-state index in [0.29, 0.717) is 47.0 Å². The molecule has 0 radical (unpaired) electrons. The SMILES string of the molecule is COc1ccc(C(CCCNS(=O)(=O)c2cc(S(=O)(=O)c3ccccc3)cs2)N2C(=O)c3cccc(N4CCN([C@H](C)c5ccccc5)CC4)c3C2=O)cc1OC. The summed E-state index contributed by atoms with van der Waals surface area (Å²) in [5.41, 5.74) is 3.25. The van der Waals surface area contributed by atoms with Gasteiger partial charge in [0.25, 0.3) is 11.8 Å². The molecule has 298 valence electrons. The highest BCUT2D eigenvalue weighted by molar-refractivity contribution is 7.93. The van der Waals surface area contributed by atoms with Crippen molar-refractivity contribution in [3.8, 4) is 11.5 Å². The van der Waals surface area contributed by atoms with E-state index >= 15 is 0 Å². The molecule has 0 bridgehead atoms. The number of nitrogens with zero attached hydrogens (tertiary/aromatic N) is 3. The maximum atomic E-state index is 14.5. The van der Waals surface area contributed by atoms with E-state index in [9.17, 15) is 26.4 Å². The van der Waals surface area contributed by atoms with E-state index in [1.54, 1.807) is 42.5 Å². The Morgan fingerprint density at radius 2 is 1.42 bits per heavy atom. The standard InChI is InChI=1S/C42H44N4O8S3/c1-29(30-12-6-4-7-13-30)44-22-24-45(25-23-44)36-17-10-16-34-40(36)42(48)46(41(34)47)35(31-19-20-37(53-2)38(26-31)54-3)18-11-21-43-57(51,52)39-27-33(28-55-39)56(49,50)32-14-8-5-9-15-32/h4-10,12-17,19-20,26-29,35,43H,11,18,21-25H2,1-3H3/t29-,35?/m1/s1. The Morgan fingerprint density at radius 1 is 0.737 bits per heavy atom. The molecule has 0 spiro atoms. The quantitative estimate of drug-likeness (QED) is 0.0909. The van der Waals surface area contributed by atoms with Crippen LogP contribution in [0.5, 0.6) is 11.5 Å². The van der Waals surface area contributed by atoms with Crippen molar-refractivity contribution >= 4 is 48.7 Å². The van der Waals surface area contributed by atoms with Gasteiger partial charge in [0.2, 0.25) is 19.9 Å². The maximum absolute atomic E-state index is 14.5. The second kappa shape index (κ2) is 16.8. The number of sulfonamides is 1. The van der Waals surface area contributed by atoms with E-state index in [2.05, 4.69) is 33.6 Å². The number of thiophene rings is 1. The number of anilines is 1. The number of carbonyl (C=O) groups is 2. The fourth-order valence-corrected chi connectivity index (χ4v) is 11.5. The number of fused-ring (bicyclic) bond motifs is 1. The van der Waals surface area contributed by atoms with Gasteiger partial charge < -0.3 is 14.4 Å². The minimum atomic E-state index is -4.08. The van der Waals surface area contributed by atoms with Crippen molar-refractivity contribution in [3.63, 3.8) is 0 Å². The third-order valence-electron chi connectivity index (χ3n) is 10.6. The summed E-state index contributed by atoms with van der Waals surface area (Å²) < 4.78 is 66.4. The smallest absolute Gasteiger partial charge is 0.264 e. The Kier molecular flexibility index (Phi) is 11.8. The summed E-state index contributed by atoms with van der Waals surface area (Å²) in [7, 11) is -4.96. The lowest BCUT2D eigenvalue weighted by atomic mass is 9.99. The summed E-state index contributed by atoms with van der Waals surface area (Å²) in [5, 5.41) is 1.31. The van der Waals surface area contributed by atoms with Crippen molar-refractivity contribution in [1.29, 1.82) is 0 Å². The Bertz CT molecular complexity index is 2470. The van der Waals surface area contributed by atoms with Gasteiger partial charge in [-0.1, -0.05) is 60.7 Å². The maximum Gasteiger partial charge on any atom is 0.264 e. The first kappa shape index (κ1) is 40.1. The normalized spacial score (nSPS) is 16.1. The first-order valence-electron chi connectivity index (χ1n) is 18.6. The molecule has 15 heteroatoms. The predicted molar refractivity (Wildman–Crippen MR) is 219 cm³/mol. The van der Waals surface area contributed by atoms with Crippen molar-refractivity contribution < 1.29 is 35.9 Å². The number of hydrogen-bond acceptors (Lipinski definition) is 11. The van der Waals surface area contributed by atoms with Gasteiger partial charge in [-0.15, -0.1) is 11.3 Å². The highest BCUT2D eigenvalue weighted by Gasteiger charge is 2.43. The molecule has 5 aromatic rings. The number of benzene rings is 4. The number of nitrogens with one attached hydrogen (secondary N) is 1. The molecule has 1 saturated heterocycles. The zero-order valence-electron chi connectivity index (χ0n) is 31.8. The van der Waals surface area contributed by atoms with Crippen LogP contribution in [0.4, 0.5) is 5.69 Å². The number of hydrogen-bond donors (Lipinski definition) is 1. The molecule has 2 atom stereocenters. The largest absolute Gasteiger partial charge is 0.493 e. The Hall–Kier alpha value is -5.06. The van der Waals surface area contributed by atoms with Crippen molar-refractivity contribution in [2.24, 2.45) is 0 Å². The second-order valence-corrected chi connectivity index (χ2v) is 18.7. The number of ether oxygens (including phenoxy) is 2. The molecule has 7 rings (SSSR count). The van der Waals surface area contributed by atoms with Crippen LogP contribution in [0.15, 0.2) is 123 Å². The summed E-state index contributed by atoms with van der Waals surface area (Å²) in [6, 6.07) is 29.4.